The molecule has 10 nitrogen and oxygen atoms in total. The second-order valence-electron chi connectivity index (χ2n) is 8.17. The highest BCUT2D eigenvalue weighted by Gasteiger charge is 2.45. The quantitative estimate of drug-likeness (QED) is 0.146. The topological polar surface area (TPSA) is 166 Å². The number of nitrogens with one attached hydrogen (secondary N) is 3. The monoisotopic (exact) mass is 483 g/mol. The molecule has 11 heteroatoms. The largest absolute Gasteiger partial charge is 0.481 e. The van der Waals surface area contributed by atoms with Crippen LogP contribution < -0.4 is 16.4 Å². The number of carbonyl (C=O) groups is 4. The molecule has 35 heavy (non-hydrogen) atoms. The number of halogens is 1. The number of amidine groups is 1. The summed E-state index contributed by atoms with van der Waals surface area (Å²) in [6.07, 6.45) is -0.126. The highest BCUT2D eigenvalue weighted by atomic mass is 19.1. The van der Waals surface area contributed by atoms with Gasteiger partial charge < -0.3 is 26.4 Å². The van der Waals surface area contributed by atoms with E-state index in [0.29, 0.717) is 16.7 Å². The Morgan fingerprint density at radius 2 is 1.74 bits per heavy atom. The third-order valence-corrected chi connectivity index (χ3v) is 5.91. The van der Waals surface area contributed by atoms with Crippen LogP contribution in [0.2, 0.25) is 0 Å². The van der Waals surface area contributed by atoms with Crippen molar-refractivity contribution < 1.29 is 28.7 Å². The van der Waals surface area contributed by atoms with Gasteiger partial charge in [0.2, 0.25) is 0 Å². The van der Waals surface area contributed by atoms with Crippen LogP contribution in [0.25, 0.3) is 0 Å². The highest BCUT2D eigenvalue weighted by molar-refractivity contribution is 6.35. The summed E-state index contributed by atoms with van der Waals surface area (Å²) in [6.45, 7) is 0.397. The maximum Gasteiger partial charge on any atom is 0.312 e. The van der Waals surface area contributed by atoms with E-state index in [-0.39, 0.29) is 44.2 Å². The SMILES string of the molecule is N=C(N)c1ccc(C(=O)NCCCC(CC(=O)O)(c2ccc(F)cc2)N2CCNC(=O)C2=O)cc1. The predicted octanol–water partition coefficient (Wildman–Crippen LogP) is 0.948. The van der Waals surface area contributed by atoms with Gasteiger partial charge in [-0.1, -0.05) is 24.3 Å². The van der Waals surface area contributed by atoms with Crippen LogP contribution in [0.1, 0.15) is 40.7 Å². The van der Waals surface area contributed by atoms with Crippen molar-refractivity contribution in [1.29, 1.82) is 5.41 Å². The summed E-state index contributed by atoms with van der Waals surface area (Å²) < 4.78 is 13.6. The summed E-state index contributed by atoms with van der Waals surface area (Å²) in [4.78, 5) is 50.4. The Morgan fingerprint density at radius 1 is 1.11 bits per heavy atom. The first kappa shape index (κ1) is 25.3. The Bertz CT molecular complexity index is 1140. The molecule has 6 N–H and O–H groups in total. The van der Waals surface area contributed by atoms with Crippen LogP contribution >= 0.6 is 0 Å². The number of nitrogens with two attached hydrogens (primary N) is 1. The van der Waals surface area contributed by atoms with Gasteiger partial charge in [0, 0.05) is 30.8 Å². The number of carboxylic acid groups (broad SMARTS) is 1. The number of rotatable bonds is 10. The van der Waals surface area contributed by atoms with Gasteiger partial charge in [-0.3, -0.25) is 24.6 Å². The Morgan fingerprint density at radius 3 is 2.34 bits per heavy atom. The lowest BCUT2D eigenvalue weighted by atomic mass is 9.80. The first-order valence-electron chi connectivity index (χ1n) is 10.9. The van der Waals surface area contributed by atoms with Crippen molar-refractivity contribution in [2.24, 2.45) is 5.73 Å². The molecule has 1 saturated heterocycles. The van der Waals surface area contributed by atoms with Gasteiger partial charge in [-0.15, -0.1) is 0 Å². The van der Waals surface area contributed by atoms with E-state index in [2.05, 4.69) is 10.6 Å². The van der Waals surface area contributed by atoms with Crippen LogP contribution in [-0.4, -0.2) is 59.2 Å². The minimum Gasteiger partial charge on any atom is -0.481 e. The van der Waals surface area contributed by atoms with Gasteiger partial charge in [0.05, 0.1) is 12.0 Å². The van der Waals surface area contributed by atoms with E-state index in [1.165, 1.54) is 41.3 Å². The standard InChI is InChI=1S/C24H26FN5O5/c25-18-8-6-17(7-9-18)24(14-19(31)32,30-13-12-29-22(34)23(30)35)10-1-11-28-21(33)16-4-2-15(3-5-16)20(26)27/h2-9H,1,10-14H2,(H3,26,27)(H,28,33)(H,29,34)(H,31,32). The molecule has 1 unspecified atom stereocenters. The second-order valence-corrected chi connectivity index (χ2v) is 8.17. The van der Waals surface area contributed by atoms with Crippen LogP contribution in [0.3, 0.4) is 0 Å². The van der Waals surface area contributed by atoms with Gasteiger partial charge in [-0.05, 0) is 42.7 Å². The molecule has 0 aliphatic carbocycles. The molecule has 1 heterocycles. The fraction of sp³-hybridized carbons (Fsp3) is 0.292. The summed E-state index contributed by atoms with van der Waals surface area (Å²) in [6, 6.07) is 11.3. The van der Waals surface area contributed by atoms with Gasteiger partial charge in [0.1, 0.15) is 11.7 Å². The summed E-state index contributed by atoms with van der Waals surface area (Å²) in [5.74, 6) is -3.91. The lowest BCUT2D eigenvalue weighted by molar-refractivity contribution is -0.157. The van der Waals surface area contributed by atoms with E-state index in [0.717, 1.165) is 0 Å². The average Bonchev–Trinajstić information content (AvgIpc) is 2.83. The van der Waals surface area contributed by atoms with Gasteiger partial charge >= 0.3 is 17.8 Å². The number of carboxylic acids is 1. The van der Waals surface area contributed by atoms with Crippen molar-refractivity contribution in [3.05, 3.63) is 71.0 Å². The molecule has 1 aliphatic rings. The number of nitrogens with zero attached hydrogens (tertiary/aromatic N) is 1. The zero-order chi connectivity index (χ0) is 25.6. The van der Waals surface area contributed by atoms with Crippen LogP contribution in [0.15, 0.2) is 48.5 Å². The van der Waals surface area contributed by atoms with Crippen molar-refractivity contribution >= 4 is 29.5 Å². The molecule has 2 aromatic rings. The summed E-state index contributed by atoms with van der Waals surface area (Å²) in [7, 11) is 0. The lowest BCUT2D eigenvalue weighted by Crippen LogP contribution is -2.60. The molecule has 0 aromatic heterocycles. The van der Waals surface area contributed by atoms with Crippen molar-refractivity contribution in [3.8, 4) is 0 Å². The maximum atomic E-state index is 13.6. The van der Waals surface area contributed by atoms with E-state index < -0.39 is 35.6 Å². The Kier molecular flexibility index (Phi) is 7.80. The van der Waals surface area contributed by atoms with Crippen molar-refractivity contribution in [2.75, 3.05) is 19.6 Å². The molecule has 3 rings (SSSR count). The van der Waals surface area contributed by atoms with Gasteiger partial charge in [-0.25, -0.2) is 4.39 Å². The second kappa shape index (κ2) is 10.8. The number of amides is 3. The number of nitrogen functional groups attached to an aromatic ring is 1. The molecule has 0 radical (unpaired) electrons. The smallest absolute Gasteiger partial charge is 0.312 e. The first-order valence-corrected chi connectivity index (χ1v) is 10.9. The summed E-state index contributed by atoms with van der Waals surface area (Å²) in [5, 5.41) is 22.3. The summed E-state index contributed by atoms with van der Waals surface area (Å²) >= 11 is 0. The first-order chi connectivity index (χ1) is 16.6. The fourth-order valence-corrected chi connectivity index (χ4v) is 4.21. The van der Waals surface area contributed by atoms with Crippen LogP contribution in [0.5, 0.6) is 0 Å². The van der Waals surface area contributed by atoms with Crippen molar-refractivity contribution in [2.45, 2.75) is 24.8 Å². The van der Waals surface area contributed by atoms with E-state index in [4.69, 9.17) is 11.1 Å². The maximum absolute atomic E-state index is 13.6. The van der Waals surface area contributed by atoms with Crippen LogP contribution in [-0.2, 0) is 19.9 Å². The normalized spacial score (nSPS) is 15.2. The molecule has 0 bridgehead atoms. The van der Waals surface area contributed by atoms with E-state index >= 15 is 0 Å². The average molecular weight is 484 g/mol. The van der Waals surface area contributed by atoms with E-state index in [1.807, 2.05) is 0 Å². The Balaban J connectivity index is 1.80. The Hall–Kier alpha value is -4.28. The predicted molar refractivity (Wildman–Crippen MR) is 124 cm³/mol. The molecule has 1 aliphatic heterocycles. The molecule has 0 spiro atoms. The summed E-state index contributed by atoms with van der Waals surface area (Å²) in [5.41, 5.74) is 5.22. The van der Waals surface area contributed by atoms with E-state index in [9.17, 15) is 28.7 Å². The highest BCUT2D eigenvalue weighted by Crippen LogP contribution is 2.38. The van der Waals surface area contributed by atoms with Crippen LogP contribution in [0.4, 0.5) is 4.39 Å². The number of carbonyl (C=O) groups excluding carboxylic acids is 3. The number of hydrogen-bond acceptors (Lipinski definition) is 5. The molecule has 1 fully saturated rings. The van der Waals surface area contributed by atoms with Crippen LogP contribution in [0, 0.1) is 11.2 Å². The molecule has 2 aromatic carbocycles. The van der Waals surface area contributed by atoms with E-state index in [1.54, 1.807) is 12.1 Å². The van der Waals surface area contributed by atoms with Crippen molar-refractivity contribution in [1.82, 2.24) is 15.5 Å². The number of aliphatic carboxylic acids is 1. The lowest BCUT2D eigenvalue weighted by Gasteiger charge is -2.45. The molecular formula is C24H26FN5O5. The minimum absolute atomic E-state index is 0.0874. The van der Waals surface area contributed by atoms with Gasteiger partial charge in [0.15, 0.2) is 0 Å². The fourth-order valence-electron chi connectivity index (χ4n) is 4.21. The Labute approximate surface area is 200 Å². The zero-order valence-corrected chi connectivity index (χ0v) is 18.8. The molecule has 1 atom stereocenters. The zero-order valence-electron chi connectivity index (χ0n) is 18.8. The molecule has 184 valence electrons. The van der Waals surface area contributed by atoms with Crippen molar-refractivity contribution in [3.63, 3.8) is 0 Å². The third kappa shape index (κ3) is 5.81. The number of piperazine rings is 1. The molecule has 0 saturated carbocycles. The molecular weight excluding hydrogens is 457 g/mol. The minimum atomic E-state index is -1.41. The van der Waals surface area contributed by atoms with Gasteiger partial charge in [-0.2, -0.15) is 0 Å². The number of hydrogen-bond donors (Lipinski definition) is 5. The number of benzene rings is 2. The van der Waals surface area contributed by atoms with Gasteiger partial charge in [0.25, 0.3) is 5.91 Å². The molecule has 3 amide bonds. The third-order valence-electron chi connectivity index (χ3n) is 5.91.